The molecule has 0 aliphatic carbocycles. The van der Waals surface area contributed by atoms with E-state index < -0.39 is 52.2 Å². The number of esters is 2. The maximum Gasteiger partial charge on any atom is 0.302 e. The summed E-state index contributed by atoms with van der Waals surface area (Å²) in [5.74, 6) is -2.50. The van der Waals surface area contributed by atoms with E-state index in [2.05, 4.69) is 0 Å². The molecule has 0 saturated carbocycles. The molecule has 0 aromatic heterocycles. The van der Waals surface area contributed by atoms with Crippen molar-refractivity contribution in [2.24, 2.45) is 5.92 Å². The fourth-order valence-electron chi connectivity index (χ4n) is 3.29. The van der Waals surface area contributed by atoms with Gasteiger partial charge in [0.2, 0.25) is 5.91 Å². The van der Waals surface area contributed by atoms with Crippen LogP contribution in [0.1, 0.15) is 25.8 Å². The monoisotopic (exact) mass is 411 g/mol. The van der Waals surface area contributed by atoms with Gasteiger partial charge in [0.25, 0.3) is 10.0 Å². The zero-order valence-electron chi connectivity index (χ0n) is 15.7. The Kier molecular flexibility index (Phi) is 5.44. The van der Waals surface area contributed by atoms with Gasteiger partial charge in [-0.2, -0.15) is 0 Å². The summed E-state index contributed by atoms with van der Waals surface area (Å²) in [5, 5.41) is 0. The molecule has 0 bridgehead atoms. The molecule has 2 heterocycles. The van der Waals surface area contributed by atoms with E-state index >= 15 is 0 Å². The highest BCUT2D eigenvalue weighted by atomic mass is 32.2. The number of aryl methyl sites for hydroxylation is 1. The first-order valence-electron chi connectivity index (χ1n) is 8.72. The Morgan fingerprint density at radius 3 is 2.39 bits per heavy atom. The second kappa shape index (κ2) is 7.51. The van der Waals surface area contributed by atoms with Gasteiger partial charge in [-0.1, -0.05) is 17.7 Å². The van der Waals surface area contributed by atoms with Crippen LogP contribution in [-0.4, -0.2) is 55.6 Å². The third kappa shape index (κ3) is 3.74. The summed E-state index contributed by atoms with van der Waals surface area (Å²) < 4.78 is 42.3. The predicted molar refractivity (Wildman–Crippen MR) is 94.2 cm³/mol. The Hall–Kier alpha value is -2.46. The molecule has 2 fully saturated rings. The topological polar surface area (TPSA) is 116 Å². The van der Waals surface area contributed by atoms with Crippen molar-refractivity contribution < 1.29 is 37.0 Å². The van der Waals surface area contributed by atoms with Crippen molar-refractivity contribution in [1.29, 1.82) is 0 Å². The van der Waals surface area contributed by atoms with E-state index in [1.807, 2.05) is 6.92 Å². The van der Waals surface area contributed by atoms with Gasteiger partial charge >= 0.3 is 11.9 Å². The summed E-state index contributed by atoms with van der Waals surface area (Å²) in [5.41, 5.74) is 0.881. The molecule has 0 unspecified atom stereocenters. The third-order valence-electron chi connectivity index (χ3n) is 4.67. The summed E-state index contributed by atoms with van der Waals surface area (Å²) in [4.78, 5) is 35.0. The van der Waals surface area contributed by atoms with Gasteiger partial charge in [0.15, 0.2) is 6.23 Å². The van der Waals surface area contributed by atoms with Crippen molar-refractivity contribution in [2.45, 2.75) is 50.5 Å². The van der Waals surface area contributed by atoms with Crippen molar-refractivity contribution >= 4 is 27.9 Å². The summed E-state index contributed by atoms with van der Waals surface area (Å²) in [6.45, 7) is 4.03. The number of sulfonamides is 1. The van der Waals surface area contributed by atoms with Crippen LogP contribution >= 0.6 is 0 Å². The van der Waals surface area contributed by atoms with Crippen LogP contribution in [0.2, 0.25) is 0 Å². The molecule has 1 aromatic carbocycles. The van der Waals surface area contributed by atoms with Crippen molar-refractivity contribution in [3.05, 3.63) is 29.8 Å². The molecule has 10 heteroatoms. The zero-order chi connectivity index (χ0) is 20.6. The van der Waals surface area contributed by atoms with Gasteiger partial charge in [-0.3, -0.25) is 14.4 Å². The molecule has 152 valence electrons. The lowest BCUT2D eigenvalue weighted by atomic mass is 9.87. The molecule has 28 heavy (non-hydrogen) atoms. The third-order valence-corrected chi connectivity index (χ3v) is 6.44. The molecular weight excluding hydrogens is 390 g/mol. The lowest BCUT2D eigenvalue weighted by molar-refractivity contribution is -0.236. The lowest BCUT2D eigenvalue weighted by Gasteiger charge is -2.51. The Morgan fingerprint density at radius 1 is 1.18 bits per heavy atom. The second-order valence-corrected chi connectivity index (χ2v) is 8.62. The molecule has 0 radical (unpaired) electrons. The van der Waals surface area contributed by atoms with Gasteiger partial charge < -0.3 is 14.2 Å². The minimum atomic E-state index is -4.09. The number of hydrogen-bond acceptors (Lipinski definition) is 8. The minimum absolute atomic E-state index is 0.0212. The molecule has 1 aromatic rings. The van der Waals surface area contributed by atoms with Gasteiger partial charge in [-0.05, 0) is 19.1 Å². The summed E-state index contributed by atoms with van der Waals surface area (Å²) in [7, 11) is -4.09. The lowest BCUT2D eigenvalue weighted by Crippen LogP contribution is -2.69. The van der Waals surface area contributed by atoms with Crippen LogP contribution in [-0.2, 0) is 38.6 Å². The number of ether oxygens (including phenoxy) is 3. The number of hydrogen-bond donors (Lipinski definition) is 0. The fourth-order valence-corrected chi connectivity index (χ4v) is 4.84. The van der Waals surface area contributed by atoms with E-state index in [0.717, 1.165) is 5.56 Å². The van der Waals surface area contributed by atoms with E-state index in [1.165, 1.54) is 26.0 Å². The van der Waals surface area contributed by atoms with E-state index in [-0.39, 0.29) is 17.9 Å². The average Bonchev–Trinajstić information content (AvgIpc) is 2.60. The summed E-state index contributed by atoms with van der Waals surface area (Å²) in [6.07, 6.45) is -2.63. The molecule has 1 amide bonds. The SMILES string of the molecule is CC(=O)OC[C@H]1O[C@H]2[C@@H](C[C@@H]1OC(C)=O)C(=O)N2S(=O)(=O)c1ccc(C)cc1. The van der Waals surface area contributed by atoms with Crippen molar-refractivity contribution in [1.82, 2.24) is 4.31 Å². The van der Waals surface area contributed by atoms with Crippen molar-refractivity contribution in [3.63, 3.8) is 0 Å². The molecule has 0 spiro atoms. The van der Waals surface area contributed by atoms with Gasteiger partial charge in [0, 0.05) is 20.3 Å². The number of amides is 1. The standard InChI is InChI=1S/C18H21NO8S/c1-10-4-6-13(7-5-10)28(23,24)19-17(22)14-8-15(26-12(3)21)16(27-18(14)19)9-25-11(2)20/h4-7,14-16,18H,8-9H2,1-3H3/t14-,15-,16+,18-/m0/s1. The second-order valence-electron chi connectivity index (χ2n) is 6.81. The number of β-lactam (4-membered cyclic amide) rings is 1. The van der Waals surface area contributed by atoms with E-state index in [4.69, 9.17) is 14.2 Å². The Bertz CT molecular complexity index is 895. The summed E-state index contributed by atoms with van der Waals surface area (Å²) >= 11 is 0. The van der Waals surface area contributed by atoms with Crippen LogP contribution in [0.25, 0.3) is 0 Å². The first-order valence-corrected chi connectivity index (χ1v) is 10.2. The largest absolute Gasteiger partial charge is 0.463 e. The van der Waals surface area contributed by atoms with E-state index in [1.54, 1.807) is 12.1 Å². The Morgan fingerprint density at radius 2 is 1.82 bits per heavy atom. The minimum Gasteiger partial charge on any atom is -0.463 e. The van der Waals surface area contributed by atoms with E-state index in [0.29, 0.717) is 4.31 Å². The number of fused-ring (bicyclic) bond motifs is 1. The maximum atomic E-state index is 12.9. The quantitative estimate of drug-likeness (QED) is 0.515. The number of benzene rings is 1. The van der Waals surface area contributed by atoms with Gasteiger partial charge in [0.1, 0.15) is 18.8 Å². The van der Waals surface area contributed by atoms with Crippen LogP contribution in [0.15, 0.2) is 29.2 Å². The van der Waals surface area contributed by atoms with Crippen LogP contribution in [0.5, 0.6) is 0 Å². The highest BCUT2D eigenvalue weighted by molar-refractivity contribution is 7.89. The van der Waals surface area contributed by atoms with Gasteiger partial charge in [-0.15, -0.1) is 0 Å². The van der Waals surface area contributed by atoms with Crippen molar-refractivity contribution in [3.8, 4) is 0 Å². The molecule has 0 N–H and O–H groups in total. The molecule has 2 saturated heterocycles. The zero-order valence-corrected chi connectivity index (χ0v) is 16.5. The normalized spacial score (nSPS) is 26.8. The molecule has 2 aliphatic rings. The first-order chi connectivity index (χ1) is 13.1. The molecule has 2 aliphatic heterocycles. The summed E-state index contributed by atoms with van der Waals surface area (Å²) in [6, 6.07) is 6.12. The van der Waals surface area contributed by atoms with Crippen LogP contribution in [0, 0.1) is 12.8 Å². The van der Waals surface area contributed by atoms with Gasteiger partial charge in [-0.25, -0.2) is 12.7 Å². The molecule has 9 nitrogen and oxygen atoms in total. The average molecular weight is 411 g/mol. The predicted octanol–water partition coefficient (Wildman–Crippen LogP) is 0.752. The highest BCUT2D eigenvalue weighted by Crippen LogP contribution is 2.42. The Labute approximate surface area is 162 Å². The molecular formula is C18H21NO8S. The number of nitrogens with zero attached hydrogens (tertiary/aromatic N) is 1. The number of carbonyl (C=O) groups excluding carboxylic acids is 3. The first kappa shape index (κ1) is 20.3. The number of rotatable bonds is 5. The van der Waals surface area contributed by atoms with Crippen LogP contribution in [0.4, 0.5) is 0 Å². The van der Waals surface area contributed by atoms with Crippen LogP contribution in [0.3, 0.4) is 0 Å². The fraction of sp³-hybridized carbons (Fsp3) is 0.500. The van der Waals surface area contributed by atoms with Gasteiger partial charge in [0.05, 0.1) is 10.8 Å². The number of carbonyl (C=O) groups is 3. The maximum absolute atomic E-state index is 12.9. The molecule has 3 rings (SSSR count). The van der Waals surface area contributed by atoms with Crippen molar-refractivity contribution in [2.75, 3.05) is 6.61 Å². The Balaban J connectivity index is 1.83. The van der Waals surface area contributed by atoms with E-state index in [9.17, 15) is 22.8 Å². The smallest absolute Gasteiger partial charge is 0.302 e. The highest BCUT2D eigenvalue weighted by Gasteiger charge is 2.59. The molecule has 4 atom stereocenters. The van der Waals surface area contributed by atoms with Crippen LogP contribution < -0.4 is 0 Å².